The Hall–Kier alpha value is -1.74. The summed E-state index contributed by atoms with van der Waals surface area (Å²) in [7, 11) is 0. The zero-order chi connectivity index (χ0) is 36.5. The van der Waals surface area contributed by atoms with Gasteiger partial charge < -0.3 is 94.3 Å². The van der Waals surface area contributed by atoms with Gasteiger partial charge in [-0.3, -0.25) is 9.59 Å². The fourth-order valence-corrected chi connectivity index (χ4v) is 6.11. The normalized spacial score (nSPS) is 49.3. The average molecular weight is 718 g/mol. The van der Waals surface area contributed by atoms with E-state index in [1.807, 2.05) is 0 Å². The largest absolute Gasteiger partial charge is 0.454 e. The van der Waals surface area contributed by atoms with E-state index in [0.717, 1.165) is 13.8 Å². The molecular weight excluding hydrogens is 670 g/mol. The van der Waals surface area contributed by atoms with E-state index in [-0.39, 0.29) is 0 Å². The fourth-order valence-electron chi connectivity index (χ4n) is 6.11. The molecule has 4 rings (SSSR count). The van der Waals surface area contributed by atoms with E-state index < -0.39 is 148 Å². The molecule has 0 spiro atoms. The van der Waals surface area contributed by atoms with Gasteiger partial charge in [0.2, 0.25) is 5.91 Å². The van der Waals surface area contributed by atoms with Crippen LogP contribution in [-0.2, 0) is 47.5 Å². The molecule has 49 heavy (non-hydrogen) atoms. The summed E-state index contributed by atoms with van der Waals surface area (Å²) in [4.78, 5) is 24.2. The van der Waals surface area contributed by atoms with Crippen molar-refractivity contribution in [2.24, 2.45) is 0 Å². The first-order valence-electron chi connectivity index (χ1n) is 15.7. The van der Waals surface area contributed by atoms with Gasteiger partial charge in [-0.15, -0.1) is 0 Å². The molecule has 0 aromatic heterocycles. The lowest BCUT2D eigenvalue weighted by atomic mass is 9.94. The Bertz CT molecular complexity index is 1100. The third-order valence-electron chi connectivity index (χ3n) is 8.81. The van der Waals surface area contributed by atoms with Crippen LogP contribution in [0.2, 0.25) is 0 Å². The van der Waals surface area contributed by atoms with Gasteiger partial charge in [0.15, 0.2) is 31.3 Å². The van der Waals surface area contributed by atoms with Crippen molar-refractivity contribution < 1.29 is 98.5 Å². The molecule has 11 N–H and O–H groups in total. The van der Waals surface area contributed by atoms with Gasteiger partial charge in [-0.2, -0.15) is 0 Å². The van der Waals surface area contributed by atoms with Gasteiger partial charge in [0, 0.05) is 13.8 Å². The summed E-state index contributed by atoms with van der Waals surface area (Å²) in [6, 6.07) is -1.55. The maximum Gasteiger partial charge on any atom is 0.303 e. The molecule has 21 heteroatoms. The summed E-state index contributed by atoms with van der Waals surface area (Å²) in [5, 5.41) is 107. The van der Waals surface area contributed by atoms with Crippen molar-refractivity contribution in [3.05, 3.63) is 0 Å². The monoisotopic (exact) mass is 717 g/mol. The summed E-state index contributed by atoms with van der Waals surface area (Å²) >= 11 is 0. The van der Waals surface area contributed by atoms with Gasteiger partial charge in [-0.25, -0.2) is 0 Å². The van der Waals surface area contributed by atoms with Crippen LogP contribution in [0.15, 0.2) is 0 Å². The Morgan fingerprint density at radius 3 is 1.71 bits per heavy atom. The first-order chi connectivity index (χ1) is 23.0. The standard InChI is InChI=1S/C28H47NO20/c1-7-14(34)19(39)23(44-10(4)33)28(43-7)47-21-13(29-9(3)32)26(45-12(6-31)17(21)37)49-24-22(15(35)8(2)42-25(24)41)48-27-20(40)18(38)16(36)11(5-30)46-27/h7-8,11-28,30-31,34-41H,5-6H2,1-4H3,(H,29,32)/t7-,8-,11+,12+,13+,14-,15-,16+,17+,18-,19+,20+,21+,22+,23+,24+,25+,26-,27+,28-/m0/s1. The molecule has 20 atom stereocenters. The summed E-state index contributed by atoms with van der Waals surface area (Å²) in [5.74, 6) is -1.61. The van der Waals surface area contributed by atoms with E-state index in [1.54, 1.807) is 0 Å². The van der Waals surface area contributed by atoms with Gasteiger partial charge in [0.25, 0.3) is 0 Å². The Kier molecular flexibility index (Phi) is 13.7. The van der Waals surface area contributed by atoms with Crippen LogP contribution < -0.4 is 5.32 Å². The number of carbonyl (C=O) groups excluding carboxylic acids is 2. The number of amides is 1. The lowest BCUT2D eigenvalue weighted by Crippen LogP contribution is -2.70. The van der Waals surface area contributed by atoms with Crippen LogP contribution in [0.3, 0.4) is 0 Å². The molecule has 0 aromatic carbocycles. The van der Waals surface area contributed by atoms with Crippen molar-refractivity contribution in [1.82, 2.24) is 5.32 Å². The zero-order valence-corrected chi connectivity index (χ0v) is 27.0. The van der Waals surface area contributed by atoms with E-state index in [1.165, 1.54) is 13.8 Å². The predicted molar refractivity (Wildman–Crippen MR) is 152 cm³/mol. The van der Waals surface area contributed by atoms with Crippen LogP contribution in [0.25, 0.3) is 0 Å². The molecule has 4 saturated heterocycles. The highest BCUT2D eigenvalue weighted by Crippen LogP contribution is 2.35. The highest BCUT2D eigenvalue weighted by atomic mass is 16.8. The molecule has 4 heterocycles. The van der Waals surface area contributed by atoms with Crippen molar-refractivity contribution >= 4 is 11.9 Å². The molecular formula is C28H47NO20. The smallest absolute Gasteiger partial charge is 0.303 e. The first kappa shape index (κ1) is 40.0. The molecule has 0 unspecified atom stereocenters. The Balaban J connectivity index is 1.65. The van der Waals surface area contributed by atoms with Gasteiger partial charge in [0.05, 0.1) is 25.4 Å². The maximum absolute atomic E-state index is 12.4. The zero-order valence-electron chi connectivity index (χ0n) is 27.0. The molecule has 0 bridgehead atoms. The van der Waals surface area contributed by atoms with Crippen LogP contribution >= 0.6 is 0 Å². The SMILES string of the molecule is CC(=O)N[C@H]1[C@H](O[C@@H]2[C@H](O[C@H]3O[C@H](CO)[C@@H](O)[C@H](O)[C@H]3O)[C@@H](O)[C@H](C)O[C@H]2O)O[C@H](CO)[C@@H](O)[C@@H]1O[C@@H]1O[C@@H](C)[C@H](O)[C@@H](O)[C@H]1OC(C)=O. The molecule has 284 valence electrons. The van der Waals surface area contributed by atoms with E-state index in [9.17, 15) is 60.7 Å². The third kappa shape index (κ3) is 8.67. The van der Waals surface area contributed by atoms with Gasteiger partial charge in [-0.1, -0.05) is 0 Å². The van der Waals surface area contributed by atoms with Crippen LogP contribution in [0.4, 0.5) is 0 Å². The topological polar surface area (TPSA) is 322 Å². The summed E-state index contributed by atoms with van der Waals surface area (Å²) in [6.45, 7) is 3.21. The number of carbonyl (C=O) groups is 2. The van der Waals surface area contributed by atoms with Gasteiger partial charge in [-0.05, 0) is 13.8 Å². The van der Waals surface area contributed by atoms with Crippen molar-refractivity contribution in [2.45, 2.75) is 150 Å². The average Bonchev–Trinajstić information content (AvgIpc) is 3.04. The molecule has 4 fully saturated rings. The number of nitrogens with one attached hydrogen (secondary N) is 1. The number of ether oxygens (including phenoxy) is 8. The van der Waals surface area contributed by atoms with Crippen LogP contribution in [0.5, 0.6) is 0 Å². The van der Waals surface area contributed by atoms with E-state index in [0.29, 0.717) is 0 Å². The third-order valence-corrected chi connectivity index (χ3v) is 8.81. The second kappa shape index (κ2) is 16.7. The van der Waals surface area contributed by atoms with Crippen LogP contribution in [0.1, 0.15) is 27.7 Å². The van der Waals surface area contributed by atoms with Crippen LogP contribution in [-0.4, -0.2) is 199 Å². The van der Waals surface area contributed by atoms with Gasteiger partial charge in [0.1, 0.15) is 79.3 Å². The number of rotatable bonds is 10. The molecule has 1 amide bonds. The number of hydrogen-bond acceptors (Lipinski definition) is 20. The molecule has 4 aliphatic heterocycles. The molecule has 0 aliphatic carbocycles. The minimum Gasteiger partial charge on any atom is -0.454 e. The quantitative estimate of drug-likeness (QED) is 0.0935. The van der Waals surface area contributed by atoms with E-state index >= 15 is 0 Å². The Labute approximate surface area is 279 Å². The van der Waals surface area contributed by atoms with Crippen molar-refractivity contribution in [1.29, 1.82) is 0 Å². The summed E-state index contributed by atoms with van der Waals surface area (Å²) < 4.78 is 45.0. The number of aliphatic hydroxyl groups is 10. The summed E-state index contributed by atoms with van der Waals surface area (Å²) in [6.07, 6.45) is -31.1. The predicted octanol–water partition coefficient (Wildman–Crippen LogP) is -6.98. The van der Waals surface area contributed by atoms with E-state index in [4.69, 9.17) is 37.9 Å². The fraction of sp³-hybridized carbons (Fsp3) is 0.929. The summed E-state index contributed by atoms with van der Waals surface area (Å²) in [5.41, 5.74) is 0. The minimum atomic E-state index is -1.92. The Morgan fingerprint density at radius 2 is 1.12 bits per heavy atom. The number of esters is 1. The van der Waals surface area contributed by atoms with Crippen molar-refractivity contribution in [3.63, 3.8) is 0 Å². The van der Waals surface area contributed by atoms with Crippen molar-refractivity contribution in [3.8, 4) is 0 Å². The second-order valence-corrected chi connectivity index (χ2v) is 12.4. The maximum atomic E-state index is 12.4. The van der Waals surface area contributed by atoms with Gasteiger partial charge >= 0.3 is 5.97 Å². The minimum absolute atomic E-state index is 0.724. The lowest BCUT2D eigenvalue weighted by molar-refractivity contribution is -0.385. The second-order valence-electron chi connectivity index (χ2n) is 12.4. The lowest BCUT2D eigenvalue weighted by Gasteiger charge is -2.50. The number of hydrogen-bond donors (Lipinski definition) is 11. The first-order valence-corrected chi connectivity index (χ1v) is 15.7. The van der Waals surface area contributed by atoms with E-state index in [2.05, 4.69) is 5.32 Å². The molecule has 21 nitrogen and oxygen atoms in total. The van der Waals surface area contributed by atoms with Crippen molar-refractivity contribution in [2.75, 3.05) is 13.2 Å². The van der Waals surface area contributed by atoms with Crippen LogP contribution in [0, 0.1) is 0 Å². The molecule has 0 radical (unpaired) electrons. The molecule has 0 saturated carbocycles. The Morgan fingerprint density at radius 1 is 0.571 bits per heavy atom. The molecule has 0 aromatic rings. The highest BCUT2D eigenvalue weighted by Gasteiger charge is 2.56. The number of aliphatic hydroxyl groups excluding tert-OH is 10. The molecule has 4 aliphatic rings. The highest BCUT2D eigenvalue weighted by molar-refractivity contribution is 5.73.